The lowest BCUT2D eigenvalue weighted by Crippen LogP contribution is -2.30. The number of nitrogens with two attached hydrogens (primary N) is 1. The van der Waals surface area contributed by atoms with Crippen LogP contribution in [0, 0.1) is 0 Å². The summed E-state index contributed by atoms with van der Waals surface area (Å²) in [6.07, 6.45) is 5.71. The molecule has 5 heteroatoms. The van der Waals surface area contributed by atoms with Crippen LogP contribution in [0.1, 0.15) is 19.8 Å². The van der Waals surface area contributed by atoms with E-state index in [1.54, 1.807) is 6.20 Å². The number of anilines is 2. The van der Waals surface area contributed by atoms with Gasteiger partial charge in [0.1, 0.15) is 11.6 Å². The molecule has 3 N–H and O–H groups in total. The fourth-order valence-corrected chi connectivity index (χ4v) is 1.77. The zero-order valence-electron chi connectivity index (χ0n) is 8.81. The average Bonchev–Trinajstić information content (AvgIpc) is 2.70. The predicted octanol–water partition coefficient (Wildman–Crippen LogP) is 1.04. The van der Waals surface area contributed by atoms with Crippen molar-refractivity contribution >= 4 is 11.6 Å². The summed E-state index contributed by atoms with van der Waals surface area (Å²) in [4.78, 5) is 8.11. The first-order valence-electron chi connectivity index (χ1n) is 5.21. The highest BCUT2D eigenvalue weighted by Crippen LogP contribution is 2.18. The molecule has 82 valence electrons. The fraction of sp³-hybridized carbons (Fsp3) is 0.600. The van der Waals surface area contributed by atoms with Crippen LogP contribution in [-0.4, -0.2) is 28.7 Å². The zero-order chi connectivity index (χ0) is 10.7. The van der Waals surface area contributed by atoms with Crippen molar-refractivity contribution in [1.29, 1.82) is 0 Å². The Hall–Kier alpha value is -1.36. The molecular weight excluding hydrogens is 192 g/mol. The second-order valence-electron chi connectivity index (χ2n) is 3.81. The number of hydrogen-bond donors (Lipinski definition) is 2. The van der Waals surface area contributed by atoms with Gasteiger partial charge in [-0.15, -0.1) is 0 Å². The van der Waals surface area contributed by atoms with Gasteiger partial charge in [0.2, 0.25) is 0 Å². The molecule has 0 bridgehead atoms. The molecule has 0 amide bonds. The first kappa shape index (κ1) is 10.2. The van der Waals surface area contributed by atoms with Crippen LogP contribution < -0.4 is 11.1 Å². The molecular formula is C10H16N4O. The predicted molar refractivity (Wildman–Crippen MR) is 58.5 cm³/mol. The second kappa shape index (κ2) is 4.44. The quantitative estimate of drug-likeness (QED) is 0.776. The molecule has 1 aromatic heterocycles. The summed E-state index contributed by atoms with van der Waals surface area (Å²) in [5.41, 5.74) is 5.54. The first-order chi connectivity index (χ1) is 7.25. The van der Waals surface area contributed by atoms with E-state index in [2.05, 4.69) is 22.2 Å². The van der Waals surface area contributed by atoms with Crippen LogP contribution in [0.3, 0.4) is 0 Å². The summed E-state index contributed by atoms with van der Waals surface area (Å²) in [5.74, 6) is 1.14. The lowest BCUT2D eigenvalue weighted by atomic mass is 10.1. The molecule has 2 heterocycles. The van der Waals surface area contributed by atoms with E-state index in [4.69, 9.17) is 10.5 Å². The highest BCUT2D eigenvalue weighted by molar-refractivity contribution is 5.39. The van der Waals surface area contributed by atoms with Crippen molar-refractivity contribution in [3.63, 3.8) is 0 Å². The van der Waals surface area contributed by atoms with E-state index in [9.17, 15) is 0 Å². The van der Waals surface area contributed by atoms with Gasteiger partial charge in [-0.2, -0.15) is 0 Å². The third-order valence-corrected chi connectivity index (χ3v) is 2.55. The van der Waals surface area contributed by atoms with Gasteiger partial charge in [-0.1, -0.05) is 0 Å². The van der Waals surface area contributed by atoms with Gasteiger partial charge in [0.25, 0.3) is 0 Å². The maximum Gasteiger partial charge on any atom is 0.147 e. The minimum atomic E-state index is 0.239. The largest absolute Gasteiger partial charge is 0.382 e. The van der Waals surface area contributed by atoms with Crippen LogP contribution >= 0.6 is 0 Å². The number of nitrogens with one attached hydrogen (secondary N) is 1. The van der Waals surface area contributed by atoms with Gasteiger partial charge in [0.05, 0.1) is 24.5 Å². The second-order valence-corrected chi connectivity index (χ2v) is 3.81. The number of hydrogen-bond acceptors (Lipinski definition) is 5. The Morgan fingerprint density at radius 3 is 3.13 bits per heavy atom. The van der Waals surface area contributed by atoms with Crippen molar-refractivity contribution in [3.8, 4) is 0 Å². The lowest BCUT2D eigenvalue weighted by molar-refractivity contribution is 0.0995. The Bertz CT molecular complexity index is 325. The van der Waals surface area contributed by atoms with E-state index in [1.165, 1.54) is 6.20 Å². The normalized spacial score (nSPS) is 22.6. The Kier molecular flexibility index (Phi) is 3.01. The van der Waals surface area contributed by atoms with Crippen LogP contribution in [0.2, 0.25) is 0 Å². The summed E-state index contributed by atoms with van der Waals surface area (Å²) in [6.45, 7) is 2.94. The number of ether oxygens (including phenoxy) is 1. The molecule has 2 atom stereocenters. The average molecular weight is 208 g/mol. The van der Waals surface area contributed by atoms with Gasteiger partial charge in [-0.25, -0.2) is 4.98 Å². The van der Waals surface area contributed by atoms with Crippen LogP contribution in [-0.2, 0) is 4.74 Å². The summed E-state index contributed by atoms with van der Waals surface area (Å²) in [7, 11) is 0. The minimum absolute atomic E-state index is 0.239. The molecule has 1 fully saturated rings. The highest BCUT2D eigenvalue weighted by Gasteiger charge is 2.22. The topological polar surface area (TPSA) is 73.1 Å². The number of nitrogens with zero attached hydrogens (tertiary/aromatic N) is 2. The number of nitrogen functional groups attached to an aromatic ring is 1. The van der Waals surface area contributed by atoms with Crippen molar-refractivity contribution in [2.75, 3.05) is 17.7 Å². The Balaban J connectivity index is 1.95. The molecule has 15 heavy (non-hydrogen) atoms. The SMILES string of the molecule is CC(Nc1cncc(N)n1)C1CCCO1. The fourth-order valence-electron chi connectivity index (χ4n) is 1.77. The van der Waals surface area contributed by atoms with E-state index in [1.807, 2.05) is 0 Å². The Labute approximate surface area is 89.1 Å². The molecule has 1 saturated heterocycles. The van der Waals surface area contributed by atoms with Gasteiger partial charge in [0.15, 0.2) is 0 Å². The molecule has 0 saturated carbocycles. The van der Waals surface area contributed by atoms with E-state index in [-0.39, 0.29) is 12.1 Å². The van der Waals surface area contributed by atoms with Gasteiger partial charge in [-0.05, 0) is 19.8 Å². The highest BCUT2D eigenvalue weighted by atomic mass is 16.5. The van der Waals surface area contributed by atoms with Gasteiger partial charge < -0.3 is 15.8 Å². The smallest absolute Gasteiger partial charge is 0.147 e. The lowest BCUT2D eigenvalue weighted by Gasteiger charge is -2.20. The summed E-state index contributed by atoms with van der Waals surface area (Å²) >= 11 is 0. The van der Waals surface area contributed by atoms with E-state index in [0.717, 1.165) is 19.4 Å². The maximum atomic E-state index is 5.58. The molecule has 0 aromatic carbocycles. The molecule has 2 rings (SSSR count). The molecule has 1 aliphatic rings. The Morgan fingerprint density at radius 1 is 1.60 bits per heavy atom. The van der Waals surface area contributed by atoms with E-state index >= 15 is 0 Å². The molecule has 2 unspecified atom stereocenters. The van der Waals surface area contributed by atoms with Crippen molar-refractivity contribution in [2.45, 2.75) is 31.9 Å². The van der Waals surface area contributed by atoms with Crippen molar-refractivity contribution in [2.24, 2.45) is 0 Å². The van der Waals surface area contributed by atoms with Crippen LogP contribution in [0.25, 0.3) is 0 Å². The summed E-state index contributed by atoms with van der Waals surface area (Å²) in [5, 5.41) is 3.25. The zero-order valence-corrected chi connectivity index (χ0v) is 8.81. The van der Waals surface area contributed by atoms with Gasteiger partial charge in [0, 0.05) is 6.61 Å². The molecule has 0 aliphatic carbocycles. The third kappa shape index (κ3) is 2.56. The number of rotatable bonds is 3. The molecule has 5 nitrogen and oxygen atoms in total. The monoisotopic (exact) mass is 208 g/mol. The Morgan fingerprint density at radius 2 is 2.47 bits per heavy atom. The standard InChI is InChI=1S/C10H16N4O/c1-7(8-3-2-4-15-8)13-10-6-12-5-9(11)14-10/h5-8H,2-4H2,1H3,(H3,11,13,14). The number of aromatic nitrogens is 2. The summed E-state index contributed by atoms with van der Waals surface area (Å²) < 4.78 is 5.58. The maximum absolute atomic E-state index is 5.58. The van der Waals surface area contributed by atoms with Gasteiger partial charge in [-0.3, -0.25) is 4.98 Å². The first-order valence-corrected chi connectivity index (χ1v) is 5.21. The van der Waals surface area contributed by atoms with Crippen LogP contribution in [0.4, 0.5) is 11.6 Å². The molecule has 1 aromatic rings. The van der Waals surface area contributed by atoms with E-state index < -0.39 is 0 Å². The molecule has 0 spiro atoms. The van der Waals surface area contributed by atoms with Crippen molar-refractivity contribution in [3.05, 3.63) is 12.4 Å². The van der Waals surface area contributed by atoms with Crippen LogP contribution in [0.15, 0.2) is 12.4 Å². The summed E-state index contributed by atoms with van der Waals surface area (Å²) in [6, 6.07) is 0.239. The molecule has 0 radical (unpaired) electrons. The minimum Gasteiger partial charge on any atom is -0.382 e. The van der Waals surface area contributed by atoms with E-state index in [0.29, 0.717) is 11.6 Å². The van der Waals surface area contributed by atoms with Crippen LogP contribution in [0.5, 0.6) is 0 Å². The van der Waals surface area contributed by atoms with Crippen molar-refractivity contribution < 1.29 is 4.74 Å². The third-order valence-electron chi connectivity index (χ3n) is 2.55. The van der Waals surface area contributed by atoms with Crippen molar-refractivity contribution in [1.82, 2.24) is 9.97 Å². The molecule has 1 aliphatic heterocycles. The van der Waals surface area contributed by atoms with Gasteiger partial charge >= 0.3 is 0 Å².